The first-order valence-electron chi connectivity index (χ1n) is 7.70. The second-order valence-corrected chi connectivity index (χ2v) is 5.56. The number of fused-ring (bicyclic) bond motifs is 4. The van der Waals surface area contributed by atoms with E-state index in [2.05, 4.69) is 4.98 Å². The molecule has 0 aliphatic heterocycles. The summed E-state index contributed by atoms with van der Waals surface area (Å²) < 4.78 is 6.57. The summed E-state index contributed by atoms with van der Waals surface area (Å²) in [5.74, 6) is -1.56. The van der Waals surface area contributed by atoms with Gasteiger partial charge in [-0.1, -0.05) is 0 Å². The van der Waals surface area contributed by atoms with E-state index in [0.717, 1.165) is 0 Å². The van der Waals surface area contributed by atoms with Crippen LogP contribution in [0.3, 0.4) is 0 Å². The van der Waals surface area contributed by atoms with Gasteiger partial charge in [-0.05, 0) is 31.2 Å². The third-order valence-corrected chi connectivity index (χ3v) is 4.18. The van der Waals surface area contributed by atoms with Gasteiger partial charge in [-0.25, -0.2) is 4.79 Å². The zero-order valence-electron chi connectivity index (χ0n) is 13.3. The lowest BCUT2D eigenvalue weighted by atomic mass is 9.89. The predicted molar refractivity (Wildman–Crippen MR) is 88.9 cm³/mol. The van der Waals surface area contributed by atoms with E-state index in [0.29, 0.717) is 5.52 Å². The molecule has 0 aromatic carbocycles. The fourth-order valence-electron chi connectivity index (χ4n) is 3.20. The highest BCUT2D eigenvalue weighted by Gasteiger charge is 2.39. The van der Waals surface area contributed by atoms with Gasteiger partial charge < -0.3 is 14.9 Å². The van der Waals surface area contributed by atoms with Gasteiger partial charge in [0.15, 0.2) is 0 Å². The minimum Gasteiger partial charge on any atom is -0.462 e. The van der Waals surface area contributed by atoms with E-state index in [1.54, 1.807) is 37.4 Å². The number of nitrogen functional groups attached to an aromatic ring is 1. The molecule has 2 N–H and O–H groups in total. The fourth-order valence-corrected chi connectivity index (χ4v) is 3.20. The standard InChI is InChI=1S/C18H13N3O4/c1-2-25-18(24)12-11-15(21-8-4-6-10(19)14(12)21)16(22)9-5-3-7-20-13(9)17(11)23/h3-8H,2,19H2,1H3. The average molecular weight is 335 g/mol. The Morgan fingerprint density at radius 1 is 1.24 bits per heavy atom. The largest absolute Gasteiger partial charge is 0.462 e. The molecule has 3 heterocycles. The fraction of sp³-hybridized carbons (Fsp3) is 0.111. The highest BCUT2D eigenvalue weighted by Crippen LogP contribution is 2.35. The van der Waals surface area contributed by atoms with Crippen LogP contribution in [0.5, 0.6) is 0 Å². The van der Waals surface area contributed by atoms with E-state index in [-0.39, 0.29) is 46.2 Å². The highest BCUT2D eigenvalue weighted by atomic mass is 16.5. The molecule has 4 rings (SSSR count). The van der Waals surface area contributed by atoms with Gasteiger partial charge in [-0.2, -0.15) is 0 Å². The maximum Gasteiger partial charge on any atom is 0.341 e. The molecule has 1 aliphatic rings. The summed E-state index contributed by atoms with van der Waals surface area (Å²) in [6.45, 7) is 1.80. The van der Waals surface area contributed by atoms with Crippen molar-refractivity contribution in [1.29, 1.82) is 0 Å². The lowest BCUT2D eigenvalue weighted by molar-refractivity contribution is 0.0526. The molecular formula is C18H13N3O4. The summed E-state index contributed by atoms with van der Waals surface area (Å²) in [5.41, 5.74) is 6.94. The van der Waals surface area contributed by atoms with Gasteiger partial charge in [0.1, 0.15) is 11.4 Å². The maximum atomic E-state index is 13.0. The quantitative estimate of drug-likeness (QED) is 0.561. The van der Waals surface area contributed by atoms with Crippen LogP contribution in [0.2, 0.25) is 0 Å². The molecule has 0 amide bonds. The van der Waals surface area contributed by atoms with E-state index in [4.69, 9.17) is 10.5 Å². The maximum absolute atomic E-state index is 13.0. The monoisotopic (exact) mass is 335 g/mol. The van der Waals surface area contributed by atoms with E-state index in [9.17, 15) is 14.4 Å². The molecule has 7 heteroatoms. The SMILES string of the molecule is CCOC(=O)c1c2c(n3cccc(N)c13)C(=O)c1cccnc1C2=O. The molecular weight excluding hydrogens is 322 g/mol. The zero-order valence-corrected chi connectivity index (χ0v) is 13.3. The van der Waals surface area contributed by atoms with Crippen molar-refractivity contribution in [3.8, 4) is 0 Å². The molecule has 124 valence electrons. The second kappa shape index (κ2) is 5.27. The van der Waals surface area contributed by atoms with Crippen LogP contribution in [0.4, 0.5) is 5.69 Å². The Morgan fingerprint density at radius 2 is 2.04 bits per heavy atom. The van der Waals surface area contributed by atoms with E-state index >= 15 is 0 Å². The van der Waals surface area contributed by atoms with E-state index in [1.165, 1.54) is 10.6 Å². The number of pyridine rings is 2. The van der Waals surface area contributed by atoms with E-state index < -0.39 is 11.8 Å². The molecule has 0 saturated heterocycles. The van der Waals surface area contributed by atoms with Crippen molar-refractivity contribution in [2.45, 2.75) is 6.92 Å². The Kier molecular flexibility index (Phi) is 3.18. The van der Waals surface area contributed by atoms with Crippen molar-refractivity contribution in [2.24, 2.45) is 0 Å². The number of anilines is 1. The van der Waals surface area contributed by atoms with E-state index in [1.807, 2.05) is 0 Å². The summed E-state index contributed by atoms with van der Waals surface area (Å²) in [5, 5.41) is 0. The Labute approximate surface area is 142 Å². The number of nitrogens with two attached hydrogens (primary N) is 1. The first-order chi connectivity index (χ1) is 12.1. The van der Waals surface area contributed by atoms with Crippen LogP contribution in [-0.2, 0) is 4.74 Å². The predicted octanol–water partition coefficient (Wildman–Crippen LogP) is 1.87. The Balaban J connectivity index is 2.15. The summed E-state index contributed by atoms with van der Waals surface area (Å²) in [6.07, 6.45) is 3.03. The minimum atomic E-state index is -0.695. The molecule has 0 atom stereocenters. The van der Waals surface area contributed by atoms with Crippen LogP contribution in [0.25, 0.3) is 5.52 Å². The lowest BCUT2D eigenvalue weighted by Gasteiger charge is -2.14. The Morgan fingerprint density at radius 3 is 2.80 bits per heavy atom. The van der Waals surface area contributed by atoms with Gasteiger partial charge in [-0.15, -0.1) is 0 Å². The molecule has 7 nitrogen and oxygen atoms in total. The molecule has 1 aliphatic carbocycles. The summed E-state index contributed by atoms with van der Waals surface area (Å²) >= 11 is 0. The number of rotatable bonds is 2. The van der Waals surface area contributed by atoms with Crippen LogP contribution in [-0.4, -0.2) is 33.5 Å². The molecule has 3 aromatic heterocycles. The molecule has 0 spiro atoms. The van der Waals surface area contributed by atoms with Gasteiger partial charge in [0.25, 0.3) is 0 Å². The smallest absolute Gasteiger partial charge is 0.341 e. The number of esters is 1. The molecule has 0 radical (unpaired) electrons. The summed E-state index contributed by atoms with van der Waals surface area (Å²) in [6, 6.07) is 6.38. The van der Waals surface area contributed by atoms with Gasteiger partial charge >= 0.3 is 5.97 Å². The van der Waals surface area contributed by atoms with Crippen LogP contribution in [0.15, 0.2) is 36.7 Å². The summed E-state index contributed by atoms with van der Waals surface area (Å²) in [4.78, 5) is 42.5. The first kappa shape index (κ1) is 15.1. The summed E-state index contributed by atoms with van der Waals surface area (Å²) in [7, 11) is 0. The Bertz CT molecular complexity index is 1080. The van der Waals surface area contributed by atoms with Gasteiger partial charge in [-0.3, -0.25) is 14.6 Å². The third-order valence-electron chi connectivity index (χ3n) is 4.18. The molecule has 0 unspecified atom stereocenters. The number of hydrogen-bond acceptors (Lipinski definition) is 6. The highest BCUT2D eigenvalue weighted by molar-refractivity contribution is 6.31. The van der Waals surface area contributed by atoms with Crippen LogP contribution in [0, 0.1) is 0 Å². The van der Waals surface area contributed by atoms with Crippen molar-refractivity contribution >= 4 is 28.7 Å². The van der Waals surface area contributed by atoms with Crippen molar-refractivity contribution in [3.05, 3.63) is 64.7 Å². The van der Waals surface area contributed by atoms with Crippen molar-refractivity contribution in [3.63, 3.8) is 0 Å². The average Bonchev–Trinajstić information content (AvgIpc) is 2.97. The van der Waals surface area contributed by atoms with Crippen LogP contribution >= 0.6 is 0 Å². The van der Waals surface area contributed by atoms with Crippen molar-refractivity contribution in [2.75, 3.05) is 12.3 Å². The third kappa shape index (κ3) is 1.92. The van der Waals surface area contributed by atoms with Gasteiger partial charge in [0.2, 0.25) is 11.6 Å². The number of ether oxygens (including phenoxy) is 1. The number of ketones is 2. The number of hydrogen-bond donors (Lipinski definition) is 1. The van der Waals surface area contributed by atoms with Crippen molar-refractivity contribution in [1.82, 2.24) is 9.38 Å². The number of carbonyl (C=O) groups excluding carboxylic acids is 3. The minimum absolute atomic E-state index is 0.00426. The zero-order chi connectivity index (χ0) is 17.7. The van der Waals surface area contributed by atoms with Gasteiger partial charge in [0, 0.05) is 12.4 Å². The van der Waals surface area contributed by atoms with Gasteiger partial charge in [0.05, 0.1) is 34.5 Å². The first-order valence-corrected chi connectivity index (χ1v) is 7.70. The second-order valence-electron chi connectivity index (χ2n) is 5.56. The number of nitrogens with zero attached hydrogens (tertiary/aromatic N) is 2. The molecule has 3 aromatic rings. The molecule has 0 saturated carbocycles. The number of carbonyl (C=O) groups is 3. The molecule has 0 bridgehead atoms. The van der Waals surface area contributed by atoms with Crippen LogP contribution < -0.4 is 5.73 Å². The Hall–Kier alpha value is -3.48. The normalized spacial score (nSPS) is 12.8. The molecule has 0 fully saturated rings. The number of aromatic nitrogens is 2. The topological polar surface area (TPSA) is 104 Å². The van der Waals surface area contributed by atoms with Crippen LogP contribution in [0.1, 0.15) is 49.4 Å². The van der Waals surface area contributed by atoms with Crippen molar-refractivity contribution < 1.29 is 19.1 Å². The lowest BCUT2D eigenvalue weighted by Crippen LogP contribution is -2.24. The molecule has 25 heavy (non-hydrogen) atoms.